The molecule has 0 aliphatic carbocycles. The number of piperidine rings is 1. The summed E-state index contributed by atoms with van der Waals surface area (Å²) in [5.74, 6) is 1.29. The molecule has 1 atom stereocenters. The fourth-order valence-electron chi connectivity index (χ4n) is 3.07. The fraction of sp³-hybridized carbons (Fsp3) is 0.375. The van der Waals surface area contributed by atoms with E-state index in [-0.39, 0.29) is 5.92 Å². The van der Waals surface area contributed by atoms with Gasteiger partial charge >= 0.3 is 0 Å². The summed E-state index contributed by atoms with van der Waals surface area (Å²) in [6.45, 7) is 0.979. The highest BCUT2D eigenvalue weighted by Gasteiger charge is 2.32. The highest BCUT2D eigenvalue weighted by Crippen LogP contribution is 2.31. The van der Waals surface area contributed by atoms with Crippen molar-refractivity contribution >= 4 is 44.3 Å². The first kappa shape index (κ1) is 18.1. The Kier molecular flexibility index (Phi) is 5.15. The number of sulfonamides is 1. The van der Waals surface area contributed by atoms with Gasteiger partial charge in [-0.25, -0.2) is 8.42 Å². The third kappa shape index (κ3) is 3.72. The molecule has 10 heteroatoms. The number of halogens is 1. The first-order valence-corrected chi connectivity index (χ1v) is 11.7. The highest BCUT2D eigenvalue weighted by molar-refractivity contribution is 7.91. The maximum atomic E-state index is 12.8. The minimum atomic E-state index is -3.49. The second-order valence-electron chi connectivity index (χ2n) is 6.16. The molecule has 0 saturated carbocycles. The summed E-state index contributed by atoms with van der Waals surface area (Å²) in [6, 6.07) is 5.13. The van der Waals surface area contributed by atoms with Crippen molar-refractivity contribution in [3.8, 4) is 11.4 Å². The van der Waals surface area contributed by atoms with E-state index in [0.29, 0.717) is 39.8 Å². The molecule has 0 radical (unpaired) electrons. The molecule has 4 heterocycles. The number of rotatable bonds is 5. The van der Waals surface area contributed by atoms with Crippen LogP contribution in [0.15, 0.2) is 37.7 Å². The van der Waals surface area contributed by atoms with Crippen LogP contribution in [0.4, 0.5) is 0 Å². The predicted molar refractivity (Wildman–Crippen MR) is 102 cm³/mol. The zero-order chi connectivity index (χ0) is 18.1. The van der Waals surface area contributed by atoms with Gasteiger partial charge in [-0.2, -0.15) is 20.6 Å². The summed E-state index contributed by atoms with van der Waals surface area (Å²) < 4.78 is 33.2. The van der Waals surface area contributed by atoms with E-state index < -0.39 is 10.0 Å². The van der Waals surface area contributed by atoms with E-state index in [2.05, 4.69) is 10.1 Å². The van der Waals surface area contributed by atoms with E-state index in [0.717, 1.165) is 29.7 Å². The third-order valence-corrected chi connectivity index (χ3v) is 8.58. The van der Waals surface area contributed by atoms with Crippen LogP contribution in [0.5, 0.6) is 0 Å². The van der Waals surface area contributed by atoms with Crippen LogP contribution >= 0.6 is 34.3 Å². The standard InChI is InChI=1S/C16H16ClN3O3S3/c17-13-3-4-15(25-13)26(21,22)20-6-1-2-11(9-20)8-14-18-16(19-23-14)12-5-7-24-10-12/h3-5,7,10-11H,1-2,6,8-9H2. The van der Waals surface area contributed by atoms with Crippen LogP contribution < -0.4 is 0 Å². The molecule has 3 aromatic heterocycles. The Bertz CT molecular complexity index is 981. The van der Waals surface area contributed by atoms with Crippen molar-refractivity contribution in [1.82, 2.24) is 14.4 Å². The van der Waals surface area contributed by atoms with Crippen LogP contribution in [0, 0.1) is 5.92 Å². The van der Waals surface area contributed by atoms with E-state index in [1.807, 2.05) is 16.8 Å². The Morgan fingerprint density at radius 3 is 2.96 bits per heavy atom. The van der Waals surface area contributed by atoms with Gasteiger partial charge in [-0.1, -0.05) is 16.8 Å². The zero-order valence-corrected chi connectivity index (χ0v) is 16.9. The van der Waals surface area contributed by atoms with Gasteiger partial charge in [0.05, 0.1) is 4.34 Å². The lowest BCUT2D eigenvalue weighted by Gasteiger charge is -2.30. The molecular weight excluding hydrogens is 414 g/mol. The molecule has 138 valence electrons. The average molecular weight is 430 g/mol. The second-order valence-corrected chi connectivity index (χ2v) is 10.8. The predicted octanol–water partition coefficient (Wildman–Crippen LogP) is 4.16. The van der Waals surface area contributed by atoms with Crippen molar-refractivity contribution in [2.45, 2.75) is 23.5 Å². The van der Waals surface area contributed by atoms with Crippen molar-refractivity contribution in [3.63, 3.8) is 0 Å². The number of hydrogen-bond donors (Lipinski definition) is 0. The summed E-state index contributed by atoms with van der Waals surface area (Å²) in [5.41, 5.74) is 0.937. The Hall–Kier alpha value is -1.26. The van der Waals surface area contributed by atoms with Gasteiger partial charge in [0.25, 0.3) is 10.0 Å². The molecule has 6 nitrogen and oxygen atoms in total. The van der Waals surface area contributed by atoms with E-state index in [9.17, 15) is 8.42 Å². The van der Waals surface area contributed by atoms with Crippen molar-refractivity contribution in [3.05, 3.63) is 39.2 Å². The summed E-state index contributed by atoms with van der Waals surface area (Å²) in [6.07, 6.45) is 2.33. The summed E-state index contributed by atoms with van der Waals surface area (Å²) in [7, 11) is -3.49. The van der Waals surface area contributed by atoms with Crippen LogP contribution in [0.1, 0.15) is 18.7 Å². The van der Waals surface area contributed by atoms with Gasteiger partial charge in [0.1, 0.15) is 4.21 Å². The molecule has 3 aromatic rings. The Morgan fingerprint density at radius 2 is 2.23 bits per heavy atom. The van der Waals surface area contributed by atoms with Gasteiger partial charge in [0, 0.05) is 30.5 Å². The van der Waals surface area contributed by atoms with Gasteiger partial charge < -0.3 is 4.52 Å². The molecule has 26 heavy (non-hydrogen) atoms. The fourth-order valence-corrected chi connectivity index (χ4v) is 6.90. The van der Waals surface area contributed by atoms with E-state index >= 15 is 0 Å². The third-order valence-electron chi connectivity index (χ3n) is 4.34. The Morgan fingerprint density at radius 1 is 1.35 bits per heavy atom. The van der Waals surface area contributed by atoms with Crippen LogP contribution in [-0.4, -0.2) is 36.0 Å². The van der Waals surface area contributed by atoms with Crippen LogP contribution in [0.3, 0.4) is 0 Å². The van der Waals surface area contributed by atoms with E-state index in [4.69, 9.17) is 16.1 Å². The lowest BCUT2D eigenvalue weighted by atomic mass is 9.96. The molecule has 1 unspecified atom stereocenters. The first-order valence-electron chi connectivity index (χ1n) is 8.13. The monoisotopic (exact) mass is 429 g/mol. The average Bonchev–Trinajstić information content (AvgIpc) is 3.36. The quantitative estimate of drug-likeness (QED) is 0.608. The van der Waals surface area contributed by atoms with Crippen LogP contribution in [-0.2, 0) is 16.4 Å². The number of thiophene rings is 2. The SMILES string of the molecule is O=S(=O)(c1ccc(Cl)s1)N1CCCC(Cc2nc(-c3ccsc3)no2)C1. The smallest absolute Gasteiger partial charge is 0.252 e. The molecule has 1 fully saturated rings. The van der Waals surface area contributed by atoms with Crippen molar-refractivity contribution in [1.29, 1.82) is 0 Å². The van der Waals surface area contributed by atoms with Crippen molar-refractivity contribution in [2.24, 2.45) is 5.92 Å². The molecule has 0 amide bonds. The Balaban J connectivity index is 1.46. The molecule has 0 N–H and O–H groups in total. The minimum Gasteiger partial charge on any atom is -0.339 e. The normalized spacial score (nSPS) is 19.0. The second kappa shape index (κ2) is 7.40. The highest BCUT2D eigenvalue weighted by atomic mass is 35.5. The molecule has 4 rings (SSSR count). The molecule has 0 aromatic carbocycles. The number of hydrogen-bond acceptors (Lipinski definition) is 7. The molecule has 1 aliphatic heterocycles. The Labute approximate surface area is 164 Å². The maximum Gasteiger partial charge on any atom is 0.252 e. The van der Waals surface area contributed by atoms with Gasteiger partial charge in [0.2, 0.25) is 11.7 Å². The minimum absolute atomic E-state index is 0.157. The van der Waals surface area contributed by atoms with Gasteiger partial charge in [0.15, 0.2) is 0 Å². The summed E-state index contributed by atoms with van der Waals surface area (Å²) in [5, 5.41) is 7.95. The number of nitrogens with zero attached hydrogens (tertiary/aromatic N) is 3. The van der Waals surface area contributed by atoms with Gasteiger partial charge in [-0.05, 0) is 42.3 Å². The van der Waals surface area contributed by atoms with Crippen LogP contribution in [0.25, 0.3) is 11.4 Å². The lowest BCUT2D eigenvalue weighted by Crippen LogP contribution is -2.40. The molecule has 1 saturated heterocycles. The van der Waals surface area contributed by atoms with E-state index in [1.54, 1.807) is 27.8 Å². The first-order chi connectivity index (χ1) is 12.5. The molecular formula is C16H16ClN3O3S3. The van der Waals surface area contributed by atoms with Gasteiger partial charge in [-0.3, -0.25) is 0 Å². The molecule has 0 spiro atoms. The summed E-state index contributed by atoms with van der Waals surface area (Å²) in [4.78, 5) is 4.44. The zero-order valence-electron chi connectivity index (χ0n) is 13.7. The summed E-state index contributed by atoms with van der Waals surface area (Å²) >= 11 is 8.56. The molecule has 0 bridgehead atoms. The van der Waals surface area contributed by atoms with Crippen molar-refractivity contribution < 1.29 is 12.9 Å². The maximum absolute atomic E-state index is 12.8. The lowest BCUT2D eigenvalue weighted by molar-refractivity contribution is 0.247. The largest absolute Gasteiger partial charge is 0.339 e. The van der Waals surface area contributed by atoms with E-state index in [1.165, 1.54) is 0 Å². The molecule has 1 aliphatic rings. The van der Waals surface area contributed by atoms with Crippen molar-refractivity contribution in [2.75, 3.05) is 13.1 Å². The van der Waals surface area contributed by atoms with Crippen LogP contribution in [0.2, 0.25) is 4.34 Å². The number of aromatic nitrogens is 2. The topological polar surface area (TPSA) is 76.3 Å². The van der Waals surface area contributed by atoms with Gasteiger partial charge in [-0.15, -0.1) is 11.3 Å².